The fraction of sp³-hybridized carbons (Fsp3) is 0.533. The normalized spacial score (nSPS) is 16.0. The summed E-state index contributed by atoms with van der Waals surface area (Å²) in [6.07, 6.45) is 5.38. The first-order valence-electron chi connectivity index (χ1n) is 7.21. The molecule has 0 spiro atoms. The predicted molar refractivity (Wildman–Crippen MR) is 85.9 cm³/mol. The monoisotopic (exact) mass is 330 g/mol. The van der Waals surface area contributed by atoms with E-state index in [0.717, 1.165) is 25.7 Å². The zero-order chi connectivity index (χ0) is 15.4. The summed E-state index contributed by atoms with van der Waals surface area (Å²) in [6, 6.07) is 3.26. The summed E-state index contributed by atoms with van der Waals surface area (Å²) in [4.78, 5) is 14.4. The lowest BCUT2D eigenvalue weighted by molar-refractivity contribution is 0.0585. The van der Waals surface area contributed by atoms with E-state index in [1.807, 2.05) is 0 Å². The van der Waals surface area contributed by atoms with Crippen molar-refractivity contribution in [2.45, 2.75) is 38.1 Å². The zero-order valence-corrected chi connectivity index (χ0v) is 13.3. The van der Waals surface area contributed by atoms with Crippen LogP contribution in [0.15, 0.2) is 12.1 Å². The second-order valence-electron chi connectivity index (χ2n) is 5.38. The van der Waals surface area contributed by atoms with Crippen LogP contribution in [0.25, 0.3) is 0 Å². The Balaban J connectivity index is 2.25. The molecule has 0 radical (unpaired) electrons. The van der Waals surface area contributed by atoms with Crippen LogP contribution in [0.2, 0.25) is 10.0 Å². The van der Waals surface area contributed by atoms with Crippen LogP contribution >= 0.6 is 23.2 Å². The Bertz CT molecular complexity index is 493. The smallest absolute Gasteiger partial charge is 0.254 e. The van der Waals surface area contributed by atoms with Gasteiger partial charge in [0, 0.05) is 18.2 Å². The van der Waals surface area contributed by atoms with Crippen molar-refractivity contribution in [3.63, 3.8) is 0 Å². The number of benzene rings is 1. The van der Waals surface area contributed by atoms with Gasteiger partial charge in [-0.15, -0.1) is 0 Å². The minimum absolute atomic E-state index is 0.0565. The standard InChI is InChI=1S/C15H20Cl2N2O2/c16-12-8-10(9-13(18)14(12)17)15(21)19(6-7-20)11-4-2-1-3-5-11/h8-9,11,20H,1-7,18H2. The Labute approximate surface area is 134 Å². The molecular weight excluding hydrogens is 311 g/mol. The third-order valence-corrected chi connectivity index (χ3v) is 4.74. The van der Waals surface area contributed by atoms with Gasteiger partial charge in [0.05, 0.1) is 22.3 Å². The molecule has 1 aliphatic rings. The Morgan fingerprint density at radius 1 is 1.29 bits per heavy atom. The molecular formula is C15H20Cl2N2O2. The van der Waals surface area contributed by atoms with E-state index < -0.39 is 0 Å². The van der Waals surface area contributed by atoms with Gasteiger partial charge in [-0.1, -0.05) is 42.5 Å². The number of aliphatic hydroxyl groups excluding tert-OH is 1. The van der Waals surface area contributed by atoms with Crippen molar-refractivity contribution in [2.24, 2.45) is 0 Å². The molecule has 1 fully saturated rings. The maximum atomic E-state index is 12.7. The number of anilines is 1. The van der Waals surface area contributed by atoms with Gasteiger partial charge in [-0.25, -0.2) is 0 Å². The third-order valence-electron chi connectivity index (χ3n) is 3.92. The molecule has 21 heavy (non-hydrogen) atoms. The summed E-state index contributed by atoms with van der Waals surface area (Å²) in [5.74, 6) is -0.152. The van der Waals surface area contributed by atoms with Crippen molar-refractivity contribution >= 4 is 34.8 Å². The van der Waals surface area contributed by atoms with Crippen LogP contribution in [-0.2, 0) is 0 Å². The van der Waals surface area contributed by atoms with E-state index in [9.17, 15) is 9.90 Å². The third kappa shape index (κ3) is 3.82. The molecule has 0 aromatic heterocycles. The minimum atomic E-state index is -0.152. The van der Waals surface area contributed by atoms with Crippen LogP contribution in [0, 0.1) is 0 Å². The van der Waals surface area contributed by atoms with E-state index in [4.69, 9.17) is 28.9 Å². The number of carbonyl (C=O) groups is 1. The Morgan fingerprint density at radius 2 is 1.95 bits per heavy atom. The first-order valence-corrected chi connectivity index (χ1v) is 7.96. The van der Waals surface area contributed by atoms with Gasteiger partial charge in [-0.05, 0) is 25.0 Å². The quantitative estimate of drug-likeness (QED) is 0.832. The van der Waals surface area contributed by atoms with Gasteiger partial charge in [0.15, 0.2) is 0 Å². The van der Waals surface area contributed by atoms with Crippen molar-refractivity contribution in [3.8, 4) is 0 Å². The average molecular weight is 331 g/mol. The number of hydrogen-bond donors (Lipinski definition) is 2. The number of amides is 1. The molecule has 6 heteroatoms. The molecule has 0 bridgehead atoms. The van der Waals surface area contributed by atoms with Gasteiger partial charge in [0.25, 0.3) is 5.91 Å². The highest BCUT2D eigenvalue weighted by Crippen LogP contribution is 2.31. The molecule has 1 amide bonds. The number of nitrogens with two attached hydrogens (primary N) is 1. The largest absolute Gasteiger partial charge is 0.397 e. The number of nitrogens with zero attached hydrogens (tertiary/aromatic N) is 1. The second-order valence-corrected chi connectivity index (χ2v) is 6.16. The summed E-state index contributed by atoms with van der Waals surface area (Å²) >= 11 is 11.9. The number of nitrogen functional groups attached to an aromatic ring is 1. The zero-order valence-electron chi connectivity index (χ0n) is 11.8. The molecule has 2 rings (SSSR count). The Kier molecular flexibility index (Phi) is 5.73. The van der Waals surface area contributed by atoms with Crippen molar-refractivity contribution in [3.05, 3.63) is 27.7 Å². The van der Waals surface area contributed by atoms with Crippen LogP contribution in [0.4, 0.5) is 5.69 Å². The van der Waals surface area contributed by atoms with Crippen molar-refractivity contribution < 1.29 is 9.90 Å². The Hall–Kier alpha value is -0.970. The summed E-state index contributed by atoms with van der Waals surface area (Å²) in [5.41, 5.74) is 6.48. The topological polar surface area (TPSA) is 66.6 Å². The lowest BCUT2D eigenvalue weighted by Gasteiger charge is -2.34. The van der Waals surface area contributed by atoms with Gasteiger partial charge in [-0.2, -0.15) is 0 Å². The Morgan fingerprint density at radius 3 is 2.52 bits per heavy atom. The van der Waals surface area contributed by atoms with Crippen molar-refractivity contribution in [2.75, 3.05) is 18.9 Å². The van der Waals surface area contributed by atoms with Gasteiger partial charge in [0.1, 0.15) is 0 Å². The average Bonchev–Trinajstić information content (AvgIpc) is 2.50. The van der Waals surface area contributed by atoms with E-state index in [1.165, 1.54) is 12.5 Å². The maximum Gasteiger partial charge on any atom is 0.254 e. The molecule has 1 aromatic carbocycles. The molecule has 1 saturated carbocycles. The van der Waals surface area contributed by atoms with E-state index in [0.29, 0.717) is 17.8 Å². The van der Waals surface area contributed by atoms with Crippen molar-refractivity contribution in [1.29, 1.82) is 0 Å². The molecule has 0 saturated heterocycles. The second kappa shape index (κ2) is 7.34. The lowest BCUT2D eigenvalue weighted by atomic mass is 9.93. The maximum absolute atomic E-state index is 12.7. The minimum Gasteiger partial charge on any atom is -0.397 e. The van der Waals surface area contributed by atoms with Crippen LogP contribution in [0.1, 0.15) is 42.5 Å². The lowest BCUT2D eigenvalue weighted by Crippen LogP contribution is -2.43. The first kappa shape index (κ1) is 16.4. The number of halogens is 2. The molecule has 4 nitrogen and oxygen atoms in total. The first-order chi connectivity index (χ1) is 10.0. The van der Waals surface area contributed by atoms with Gasteiger partial charge in [-0.3, -0.25) is 4.79 Å². The van der Waals surface area contributed by atoms with Gasteiger partial charge >= 0.3 is 0 Å². The van der Waals surface area contributed by atoms with E-state index in [1.54, 1.807) is 11.0 Å². The molecule has 0 atom stereocenters. The predicted octanol–water partition coefficient (Wildman–Crippen LogP) is 3.34. The number of hydrogen-bond acceptors (Lipinski definition) is 3. The summed E-state index contributed by atoms with van der Waals surface area (Å²) in [5, 5.41) is 9.79. The van der Waals surface area contributed by atoms with Crippen molar-refractivity contribution in [1.82, 2.24) is 4.90 Å². The van der Waals surface area contributed by atoms with Crippen LogP contribution in [0.5, 0.6) is 0 Å². The van der Waals surface area contributed by atoms with Crippen LogP contribution in [-0.4, -0.2) is 35.1 Å². The van der Waals surface area contributed by atoms with Crippen LogP contribution in [0.3, 0.4) is 0 Å². The van der Waals surface area contributed by atoms with Gasteiger partial charge in [0.2, 0.25) is 0 Å². The van der Waals surface area contributed by atoms with Gasteiger partial charge < -0.3 is 15.7 Å². The van der Waals surface area contributed by atoms with E-state index in [-0.39, 0.29) is 28.6 Å². The number of carbonyl (C=O) groups excluding carboxylic acids is 1. The van der Waals surface area contributed by atoms with E-state index >= 15 is 0 Å². The molecule has 0 aliphatic heterocycles. The SMILES string of the molecule is Nc1cc(C(=O)N(CCO)C2CCCCC2)cc(Cl)c1Cl. The molecule has 0 heterocycles. The highest BCUT2D eigenvalue weighted by atomic mass is 35.5. The molecule has 116 valence electrons. The number of aliphatic hydroxyl groups is 1. The van der Waals surface area contributed by atoms with E-state index in [2.05, 4.69) is 0 Å². The molecule has 1 aliphatic carbocycles. The summed E-state index contributed by atoms with van der Waals surface area (Å²) in [6.45, 7) is 0.267. The summed E-state index contributed by atoms with van der Waals surface area (Å²) in [7, 11) is 0. The number of rotatable bonds is 4. The fourth-order valence-corrected chi connectivity index (χ4v) is 3.19. The van der Waals surface area contributed by atoms with Crippen LogP contribution < -0.4 is 5.73 Å². The molecule has 3 N–H and O–H groups in total. The fourth-order valence-electron chi connectivity index (χ4n) is 2.85. The molecule has 0 unspecified atom stereocenters. The summed E-state index contributed by atoms with van der Waals surface area (Å²) < 4.78 is 0. The highest BCUT2D eigenvalue weighted by molar-refractivity contribution is 6.43. The molecule has 1 aromatic rings. The highest BCUT2D eigenvalue weighted by Gasteiger charge is 2.26.